The molecule has 0 spiro atoms. The van der Waals surface area contributed by atoms with E-state index in [2.05, 4.69) is 16.0 Å². The number of ether oxygens (including phenoxy) is 2. The Morgan fingerprint density at radius 3 is 2.68 bits per heavy atom. The van der Waals surface area contributed by atoms with Gasteiger partial charge in [-0.2, -0.15) is 5.26 Å². The molecule has 0 radical (unpaired) electrons. The molecule has 0 amide bonds. The lowest BCUT2D eigenvalue weighted by molar-refractivity contribution is -0.386. The third-order valence-corrected chi connectivity index (χ3v) is 3.92. The van der Waals surface area contributed by atoms with Crippen molar-refractivity contribution < 1.29 is 14.4 Å². The molecule has 1 heterocycles. The van der Waals surface area contributed by atoms with E-state index in [0.29, 0.717) is 18.0 Å². The van der Waals surface area contributed by atoms with Crippen molar-refractivity contribution in [3.05, 3.63) is 57.9 Å². The molecule has 0 unspecified atom stereocenters. The molecule has 3 aromatic rings. The molecular weight excluding hydrogens is 360 g/mol. The van der Waals surface area contributed by atoms with Crippen LogP contribution < -0.4 is 9.47 Å². The standard InChI is InChI=1S/C20H18N4O4/c1-3-27-18-11-13(10-17(24(25)26)19(18)28-4-2)9-14(12-21)20-22-15-7-5-6-8-16(15)23-20/h5-11H,3-4H2,1-2H3,(H,22,23)/b14-9-. The first kappa shape index (κ1) is 18.9. The Hall–Kier alpha value is -3.86. The largest absolute Gasteiger partial charge is 0.490 e. The Bertz CT molecular complexity index is 1060. The number of para-hydroxylation sites is 2. The van der Waals surface area contributed by atoms with Gasteiger partial charge in [0.1, 0.15) is 11.9 Å². The number of benzene rings is 2. The van der Waals surface area contributed by atoms with E-state index in [1.165, 1.54) is 12.1 Å². The molecule has 1 N–H and O–H groups in total. The highest BCUT2D eigenvalue weighted by molar-refractivity contribution is 5.91. The number of nitro benzene ring substituents is 1. The van der Waals surface area contributed by atoms with Crippen LogP contribution in [0.25, 0.3) is 22.7 Å². The van der Waals surface area contributed by atoms with Crippen molar-refractivity contribution in [1.29, 1.82) is 5.26 Å². The molecule has 142 valence electrons. The first-order valence-electron chi connectivity index (χ1n) is 8.72. The molecule has 0 bridgehead atoms. The van der Waals surface area contributed by atoms with E-state index in [0.717, 1.165) is 11.0 Å². The molecule has 0 aliphatic carbocycles. The van der Waals surface area contributed by atoms with Crippen molar-refractivity contribution in [3.63, 3.8) is 0 Å². The summed E-state index contributed by atoms with van der Waals surface area (Å²) in [7, 11) is 0. The molecule has 2 aromatic carbocycles. The molecule has 0 atom stereocenters. The number of aromatic nitrogens is 2. The van der Waals surface area contributed by atoms with Gasteiger partial charge in [-0.25, -0.2) is 4.98 Å². The molecule has 0 aliphatic heterocycles. The average Bonchev–Trinajstić information content (AvgIpc) is 3.11. The summed E-state index contributed by atoms with van der Waals surface area (Å²) in [6, 6.07) is 12.5. The maximum atomic E-state index is 11.5. The molecule has 0 saturated carbocycles. The van der Waals surface area contributed by atoms with Gasteiger partial charge in [0.15, 0.2) is 5.75 Å². The van der Waals surface area contributed by atoms with Crippen LogP contribution in [0.5, 0.6) is 11.5 Å². The second-order valence-corrected chi connectivity index (χ2v) is 5.76. The van der Waals surface area contributed by atoms with Crippen LogP contribution in [0.3, 0.4) is 0 Å². The molecule has 0 aliphatic rings. The quantitative estimate of drug-likeness (QED) is 0.372. The summed E-state index contributed by atoms with van der Waals surface area (Å²) in [6.45, 7) is 4.10. The van der Waals surface area contributed by atoms with Gasteiger partial charge in [0, 0.05) is 6.07 Å². The second kappa shape index (κ2) is 8.22. The topological polar surface area (TPSA) is 114 Å². The average molecular weight is 378 g/mol. The molecule has 8 heteroatoms. The van der Waals surface area contributed by atoms with Crippen molar-refractivity contribution in [1.82, 2.24) is 9.97 Å². The molecule has 0 fully saturated rings. The number of nitrogens with zero attached hydrogens (tertiary/aromatic N) is 3. The fourth-order valence-electron chi connectivity index (χ4n) is 2.78. The molecule has 1 aromatic heterocycles. The van der Waals surface area contributed by atoms with Gasteiger partial charge in [0.25, 0.3) is 0 Å². The highest BCUT2D eigenvalue weighted by atomic mass is 16.6. The van der Waals surface area contributed by atoms with Gasteiger partial charge in [-0.05, 0) is 43.7 Å². The maximum Gasteiger partial charge on any atom is 0.315 e. The van der Waals surface area contributed by atoms with Gasteiger partial charge in [-0.15, -0.1) is 0 Å². The Kier molecular flexibility index (Phi) is 5.56. The van der Waals surface area contributed by atoms with E-state index in [-0.39, 0.29) is 29.4 Å². The number of hydrogen-bond acceptors (Lipinski definition) is 6. The molecule has 0 saturated heterocycles. The van der Waals surface area contributed by atoms with Crippen LogP contribution in [-0.2, 0) is 0 Å². The fraction of sp³-hybridized carbons (Fsp3) is 0.200. The monoisotopic (exact) mass is 378 g/mol. The summed E-state index contributed by atoms with van der Waals surface area (Å²) in [5, 5.41) is 21.1. The highest BCUT2D eigenvalue weighted by Crippen LogP contribution is 2.39. The normalized spacial score (nSPS) is 11.2. The minimum Gasteiger partial charge on any atom is -0.490 e. The number of allylic oxidation sites excluding steroid dienone is 1. The van der Waals surface area contributed by atoms with Gasteiger partial charge in [-0.1, -0.05) is 12.1 Å². The second-order valence-electron chi connectivity index (χ2n) is 5.76. The number of fused-ring (bicyclic) bond motifs is 1. The number of hydrogen-bond donors (Lipinski definition) is 1. The van der Waals surface area contributed by atoms with Crippen LogP contribution in [-0.4, -0.2) is 28.1 Å². The zero-order valence-electron chi connectivity index (χ0n) is 15.4. The predicted molar refractivity (Wildman–Crippen MR) is 105 cm³/mol. The van der Waals surface area contributed by atoms with Crippen molar-refractivity contribution in [2.45, 2.75) is 13.8 Å². The number of imidazole rings is 1. The van der Waals surface area contributed by atoms with Gasteiger partial charge < -0.3 is 14.5 Å². The minimum absolute atomic E-state index is 0.0775. The lowest BCUT2D eigenvalue weighted by Gasteiger charge is -2.12. The van der Waals surface area contributed by atoms with Crippen molar-refractivity contribution >= 4 is 28.4 Å². The Morgan fingerprint density at radius 1 is 1.29 bits per heavy atom. The van der Waals surface area contributed by atoms with E-state index in [9.17, 15) is 15.4 Å². The third-order valence-electron chi connectivity index (χ3n) is 3.92. The van der Waals surface area contributed by atoms with E-state index in [1.54, 1.807) is 19.9 Å². The zero-order valence-corrected chi connectivity index (χ0v) is 15.4. The maximum absolute atomic E-state index is 11.5. The minimum atomic E-state index is -0.530. The molecule has 3 rings (SSSR count). The van der Waals surface area contributed by atoms with E-state index in [4.69, 9.17) is 9.47 Å². The van der Waals surface area contributed by atoms with Gasteiger partial charge in [0.05, 0.1) is 34.7 Å². The molecular formula is C20H18N4O4. The van der Waals surface area contributed by atoms with E-state index < -0.39 is 4.92 Å². The smallest absolute Gasteiger partial charge is 0.315 e. The van der Waals surface area contributed by atoms with Gasteiger partial charge >= 0.3 is 5.69 Å². The summed E-state index contributed by atoms with van der Waals surface area (Å²) in [5.41, 5.74) is 1.99. The van der Waals surface area contributed by atoms with Crippen LogP contribution in [0.1, 0.15) is 25.2 Å². The third kappa shape index (κ3) is 3.78. The molecule has 28 heavy (non-hydrogen) atoms. The van der Waals surface area contributed by atoms with Crippen LogP contribution in [0.15, 0.2) is 36.4 Å². The Labute approximate surface area is 161 Å². The number of nitriles is 1. The van der Waals surface area contributed by atoms with Crippen LogP contribution in [0.4, 0.5) is 5.69 Å². The van der Waals surface area contributed by atoms with Crippen LogP contribution in [0, 0.1) is 21.4 Å². The highest BCUT2D eigenvalue weighted by Gasteiger charge is 2.22. The number of aromatic amines is 1. The number of rotatable bonds is 7. The summed E-state index contributed by atoms with van der Waals surface area (Å²) in [5.74, 6) is 0.721. The van der Waals surface area contributed by atoms with Crippen molar-refractivity contribution in [3.8, 4) is 17.6 Å². The van der Waals surface area contributed by atoms with Gasteiger partial charge in [-0.3, -0.25) is 10.1 Å². The SMILES string of the molecule is CCOc1cc(/C=C(/C#N)c2nc3ccccc3[nH]2)cc([N+](=O)[O-])c1OCC. The lowest BCUT2D eigenvalue weighted by Crippen LogP contribution is -2.02. The lowest BCUT2D eigenvalue weighted by atomic mass is 10.1. The Balaban J connectivity index is 2.12. The predicted octanol–water partition coefficient (Wildman–Crippen LogP) is 4.33. The summed E-state index contributed by atoms with van der Waals surface area (Å²) < 4.78 is 10.9. The zero-order chi connectivity index (χ0) is 20.1. The Morgan fingerprint density at radius 2 is 2.04 bits per heavy atom. The fourth-order valence-corrected chi connectivity index (χ4v) is 2.78. The summed E-state index contributed by atoms with van der Waals surface area (Å²) in [4.78, 5) is 18.5. The van der Waals surface area contributed by atoms with Crippen LogP contribution >= 0.6 is 0 Å². The number of H-pyrrole nitrogens is 1. The molecule has 8 nitrogen and oxygen atoms in total. The summed E-state index contributed by atoms with van der Waals surface area (Å²) in [6.07, 6.45) is 1.53. The number of nitrogens with one attached hydrogen (secondary N) is 1. The van der Waals surface area contributed by atoms with Gasteiger partial charge in [0.2, 0.25) is 5.75 Å². The first-order chi connectivity index (χ1) is 13.6. The van der Waals surface area contributed by atoms with E-state index in [1.807, 2.05) is 24.3 Å². The van der Waals surface area contributed by atoms with Crippen molar-refractivity contribution in [2.75, 3.05) is 13.2 Å². The van der Waals surface area contributed by atoms with Crippen molar-refractivity contribution in [2.24, 2.45) is 0 Å². The first-order valence-corrected chi connectivity index (χ1v) is 8.72. The van der Waals surface area contributed by atoms with Crippen LogP contribution in [0.2, 0.25) is 0 Å². The van der Waals surface area contributed by atoms with E-state index >= 15 is 0 Å². The number of nitro groups is 1. The summed E-state index contributed by atoms with van der Waals surface area (Å²) >= 11 is 0.